The van der Waals surface area contributed by atoms with E-state index in [2.05, 4.69) is 10.6 Å². The summed E-state index contributed by atoms with van der Waals surface area (Å²) in [6.07, 6.45) is -4.36. The molecule has 0 atom stereocenters. The van der Waals surface area contributed by atoms with Gasteiger partial charge in [-0.1, -0.05) is 6.07 Å². The zero-order valence-electron chi connectivity index (χ0n) is 11.6. The van der Waals surface area contributed by atoms with Crippen LogP contribution in [0.2, 0.25) is 0 Å². The maximum Gasteiger partial charge on any atom is 0.401 e. The molecule has 0 spiro atoms. The molecule has 0 aliphatic rings. The Morgan fingerprint density at radius 1 is 1.19 bits per heavy atom. The van der Waals surface area contributed by atoms with E-state index in [0.717, 1.165) is 5.56 Å². The van der Waals surface area contributed by atoms with Crippen molar-refractivity contribution in [3.63, 3.8) is 0 Å². The smallest absolute Gasteiger partial charge is 0.326 e. The molecule has 21 heavy (non-hydrogen) atoms. The van der Waals surface area contributed by atoms with E-state index in [-0.39, 0.29) is 5.91 Å². The number of hydrogen-bond acceptors (Lipinski definition) is 3. The second-order valence-electron chi connectivity index (χ2n) is 4.48. The number of anilines is 2. The minimum Gasteiger partial charge on any atom is -0.326 e. The van der Waals surface area contributed by atoms with Gasteiger partial charge in [-0.15, -0.1) is 0 Å². The summed E-state index contributed by atoms with van der Waals surface area (Å²) in [5, 5.41) is 7.04. The number of carbonyl (C=O) groups excluding carboxylic acids is 2. The largest absolute Gasteiger partial charge is 0.401 e. The minimum atomic E-state index is -4.36. The third-order valence-electron chi connectivity index (χ3n) is 2.44. The lowest BCUT2D eigenvalue weighted by atomic mass is 10.1. The Hall–Kier alpha value is -2.09. The predicted octanol–water partition coefficient (Wildman–Crippen LogP) is 2.04. The first kappa shape index (κ1) is 17.0. The molecule has 1 rings (SSSR count). The number of carbonyl (C=O) groups is 2. The van der Waals surface area contributed by atoms with E-state index in [1.165, 1.54) is 6.92 Å². The highest BCUT2D eigenvalue weighted by molar-refractivity contribution is 5.94. The molecule has 3 N–H and O–H groups in total. The zero-order chi connectivity index (χ0) is 16.0. The van der Waals surface area contributed by atoms with Crippen molar-refractivity contribution in [3.05, 3.63) is 23.8 Å². The van der Waals surface area contributed by atoms with Crippen molar-refractivity contribution >= 4 is 23.2 Å². The van der Waals surface area contributed by atoms with E-state index in [1.807, 2.05) is 5.32 Å². The fraction of sp³-hybridized carbons (Fsp3) is 0.385. The van der Waals surface area contributed by atoms with Gasteiger partial charge in [0.15, 0.2) is 0 Å². The molecule has 2 amide bonds. The van der Waals surface area contributed by atoms with Crippen LogP contribution in [0.4, 0.5) is 24.5 Å². The number of amides is 2. The van der Waals surface area contributed by atoms with Crippen LogP contribution in [-0.4, -0.2) is 31.1 Å². The van der Waals surface area contributed by atoms with Crippen molar-refractivity contribution < 1.29 is 22.8 Å². The van der Waals surface area contributed by atoms with Gasteiger partial charge < -0.3 is 16.0 Å². The number of benzene rings is 1. The van der Waals surface area contributed by atoms with Gasteiger partial charge in [0.05, 0.1) is 13.1 Å². The van der Waals surface area contributed by atoms with Crippen LogP contribution in [0, 0.1) is 6.92 Å². The number of nitrogens with one attached hydrogen (secondary N) is 3. The molecule has 0 radical (unpaired) electrons. The SMILES string of the molecule is CC(=O)Nc1cc(NC(=O)CNCC(F)(F)F)ccc1C. The van der Waals surface area contributed by atoms with E-state index in [4.69, 9.17) is 0 Å². The second-order valence-corrected chi connectivity index (χ2v) is 4.48. The summed E-state index contributed by atoms with van der Waals surface area (Å²) in [5.41, 5.74) is 1.73. The molecule has 116 valence electrons. The van der Waals surface area contributed by atoms with Crippen LogP contribution in [0.3, 0.4) is 0 Å². The summed E-state index contributed by atoms with van der Waals surface area (Å²) in [5.74, 6) is -0.856. The van der Waals surface area contributed by atoms with Gasteiger partial charge >= 0.3 is 6.18 Å². The summed E-state index contributed by atoms with van der Waals surface area (Å²) in [6, 6.07) is 4.82. The normalized spacial score (nSPS) is 11.1. The Kier molecular flexibility index (Phi) is 5.71. The molecular formula is C13H16F3N3O2. The van der Waals surface area contributed by atoms with Crippen molar-refractivity contribution in [2.75, 3.05) is 23.7 Å². The summed E-state index contributed by atoms with van der Waals surface area (Å²) in [4.78, 5) is 22.5. The van der Waals surface area contributed by atoms with E-state index in [1.54, 1.807) is 25.1 Å². The number of hydrogen-bond donors (Lipinski definition) is 3. The topological polar surface area (TPSA) is 70.2 Å². The number of aryl methyl sites for hydroxylation is 1. The van der Waals surface area contributed by atoms with Crippen molar-refractivity contribution in [2.45, 2.75) is 20.0 Å². The fourth-order valence-corrected chi connectivity index (χ4v) is 1.55. The van der Waals surface area contributed by atoms with E-state index < -0.39 is 25.2 Å². The van der Waals surface area contributed by atoms with Gasteiger partial charge in [0.2, 0.25) is 11.8 Å². The standard InChI is InChI=1S/C13H16F3N3O2/c1-8-3-4-10(5-11(8)18-9(2)20)19-12(21)6-17-7-13(14,15)16/h3-5,17H,6-7H2,1-2H3,(H,18,20)(H,19,21). The molecule has 8 heteroatoms. The molecule has 0 bridgehead atoms. The molecular weight excluding hydrogens is 287 g/mol. The molecule has 0 saturated heterocycles. The highest BCUT2D eigenvalue weighted by Gasteiger charge is 2.26. The Morgan fingerprint density at radius 3 is 2.43 bits per heavy atom. The molecule has 0 fully saturated rings. The van der Waals surface area contributed by atoms with Crippen molar-refractivity contribution in [2.24, 2.45) is 0 Å². The van der Waals surface area contributed by atoms with Gasteiger partial charge in [-0.05, 0) is 24.6 Å². The average Bonchev–Trinajstić information content (AvgIpc) is 2.31. The molecule has 0 aromatic heterocycles. The van der Waals surface area contributed by atoms with Gasteiger partial charge in [0, 0.05) is 18.3 Å². The fourth-order valence-electron chi connectivity index (χ4n) is 1.55. The Balaban J connectivity index is 2.58. The van der Waals surface area contributed by atoms with Crippen LogP contribution >= 0.6 is 0 Å². The Labute approximate surface area is 119 Å². The predicted molar refractivity (Wildman–Crippen MR) is 73.0 cm³/mol. The molecule has 0 saturated carbocycles. The summed E-state index contributed by atoms with van der Waals surface area (Å²) >= 11 is 0. The molecule has 0 heterocycles. The first-order chi connectivity index (χ1) is 9.67. The lowest BCUT2D eigenvalue weighted by Gasteiger charge is -2.11. The van der Waals surface area contributed by atoms with Crippen molar-refractivity contribution in [3.8, 4) is 0 Å². The third-order valence-corrected chi connectivity index (χ3v) is 2.44. The second kappa shape index (κ2) is 7.07. The van der Waals surface area contributed by atoms with Gasteiger partial charge in [0.25, 0.3) is 0 Å². The van der Waals surface area contributed by atoms with Crippen molar-refractivity contribution in [1.29, 1.82) is 0 Å². The number of alkyl halides is 3. The Bertz CT molecular complexity index is 530. The van der Waals surface area contributed by atoms with E-state index in [9.17, 15) is 22.8 Å². The molecule has 5 nitrogen and oxygen atoms in total. The highest BCUT2D eigenvalue weighted by Crippen LogP contribution is 2.20. The molecule has 0 aliphatic heterocycles. The van der Waals surface area contributed by atoms with Crippen molar-refractivity contribution in [1.82, 2.24) is 5.32 Å². The van der Waals surface area contributed by atoms with Gasteiger partial charge in [-0.25, -0.2) is 0 Å². The van der Waals surface area contributed by atoms with Crippen LogP contribution in [0.15, 0.2) is 18.2 Å². The van der Waals surface area contributed by atoms with Crippen LogP contribution in [-0.2, 0) is 9.59 Å². The Morgan fingerprint density at radius 2 is 1.86 bits per heavy atom. The van der Waals surface area contributed by atoms with Gasteiger partial charge in [0.1, 0.15) is 0 Å². The molecule has 0 unspecified atom stereocenters. The maximum atomic E-state index is 11.9. The zero-order valence-corrected chi connectivity index (χ0v) is 11.6. The van der Waals surface area contributed by atoms with Gasteiger partial charge in [-0.2, -0.15) is 13.2 Å². The van der Waals surface area contributed by atoms with Crippen LogP contribution in [0.5, 0.6) is 0 Å². The quantitative estimate of drug-likeness (QED) is 0.779. The van der Waals surface area contributed by atoms with Crippen LogP contribution in [0.1, 0.15) is 12.5 Å². The first-order valence-corrected chi connectivity index (χ1v) is 6.13. The third kappa shape index (κ3) is 6.75. The van der Waals surface area contributed by atoms with Gasteiger partial charge in [-0.3, -0.25) is 9.59 Å². The molecule has 1 aromatic carbocycles. The minimum absolute atomic E-state index is 0.256. The molecule has 0 aliphatic carbocycles. The average molecular weight is 303 g/mol. The summed E-state index contributed by atoms with van der Waals surface area (Å²) < 4.78 is 35.8. The lowest BCUT2D eigenvalue weighted by molar-refractivity contribution is -0.127. The monoisotopic (exact) mass is 303 g/mol. The number of rotatable bonds is 5. The van der Waals surface area contributed by atoms with E-state index in [0.29, 0.717) is 11.4 Å². The summed E-state index contributed by atoms with van der Waals surface area (Å²) in [7, 11) is 0. The number of halogens is 3. The van der Waals surface area contributed by atoms with Crippen LogP contribution < -0.4 is 16.0 Å². The summed E-state index contributed by atoms with van der Waals surface area (Å²) in [6.45, 7) is 1.45. The van der Waals surface area contributed by atoms with Crippen LogP contribution in [0.25, 0.3) is 0 Å². The van der Waals surface area contributed by atoms with E-state index >= 15 is 0 Å². The lowest BCUT2D eigenvalue weighted by Crippen LogP contribution is -2.35. The molecule has 1 aromatic rings. The maximum absolute atomic E-state index is 11.9. The highest BCUT2D eigenvalue weighted by atomic mass is 19.4. The first-order valence-electron chi connectivity index (χ1n) is 6.13.